The maximum atomic E-state index is 9.05. The van der Waals surface area contributed by atoms with E-state index < -0.39 is 0 Å². The first-order valence-corrected chi connectivity index (χ1v) is 5.77. The van der Waals surface area contributed by atoms with Crippen LogP contribution < -0.4 is 4.90 Å². The van der Waals surface area contributed by atoms with Crippen LogP contribution in [0.3, 0.4) is 0 Å². The predicted octanol–water partition coefficient (Wildman–Crippen LogP) is 1.19. The molecule has 1 N–H and O–H groups in total. The number of aliphatic hydroxyl groups is 1. The monoisotopic (exact) mass is 222 g/mol. The van der Waals surface area contributed by atoms with E-state index in [4.69, 9.17) is 9.84 Å². The molecule has 0 bridgehead atoms. The molecule has 0 aliphatic carbocycles. The van der Waals surface area contributed by atoms with Crippen molar-refractivity contribution in [3.63, 3.8) is 0 Å². The average molecular weight is 222 g/mol. The molecule has 0 amide bonds. The molecule has 1 unspecified atom stereocenters. The smallest absolute Gasteiger partial charge is 0.129 e. The molecule has 1 aliphatic heterocycles. The average Bonchev–Trinajstić information content (AvgIpc) is 2.39. The summed E-state index contributed by atoms with van der Waals surface area (Å²) in [6.07, 6.45) is 1.32. The number of ether oxygens (including phenoxy) is 1. The van der Waals surface area contributed by atoms with Crippen LogP contribution >= 0.6 is 0 Å². The van der Waals surface area contributed by atoms with Crippen molar-refractivity contribution in [2.75, 3.05) is 24.6 Å². The molecule has 1 aromatic heterocycles. The van der Waals surface area contributed by atoms with E-state index in [0.29, 0.717) is 6.10 Å². The van der Waals surface area contributed by atoms with Crippen LogP contribution in [0.2, 0.25) is 0 Å². The quantitative estimate of drug-likeness (QED) is 0.834. The van der Waals surface area contributed by atoms with E-state index in [1.165, 1.54) is 0 Å². The minimum absolute atomic E-state index is 0.00458. The summed E-state index contributed by atoms with van der Waals surface area (Å²) in [5.74, 6) is 0.938. The van der Waals surface area contributed by atoms with Crippen molar-refractivity contribution in [2.45, 2.75) is 26.1 Å². The van der Waals surface area contributed by atoms with Gasteiger partial charge in [0.1, 0.15) is 5.82 Å². The molecule has 2 rings (SSSR count). The van der Waals surface area contributed by atoms with Gasteiger partial charge in [-0.15, -0.1) is 0 Å². The number of pyridine rings is 1. The minimum atomic E-state index is -0.00458. The lowest BCUT2D eigenvalue weighted by molar-refractivity contribution is 0.0381. The zero-order valence-electron chi connectivity index (χ0n) is 9.59. The van der Waals surface area contributed by atoms with Crippen molar-refractivity contribution >= 4 is 5.82 Å². The summed E-state index contributed by atoms with van der Waals surface area (Å²) in [4.78, 5) is 6.62. The molecule has 1 aromatic rings. The largest absolute Gasteiger partial charge is 0.390 e. The predicted molar refractivity (Wildman–Crippen MR) is 62.4 cm³/mol. The highest BCUT2D eigenvalue weighted by atomic mass is 16.5. The molecule has 4 nitrogen and oxygen atoms in total. The summed E-state index contributed by atoms with van der Waals surface area (Å²) in [5.41, 5.74) is 0.719. The molecule has 1 atom stereocenters. The van der Waals surface area contributed by atoms with Crippen LogP contribution in [0.25, 0.3) is 0 Å². The maximum Gasteiger partial charge on any atom is 0.129 e. The number of aliphatic hydroxyl groups excluding tert-OH is 1. The molecule has 0 saturated carbocycles. The highest BCUT2D eigenvalue weighted by Gasteiger charge is 2.19. The van der Waals surface area contributed by atoms with E-state index in [1.807, 2.05) is 18.2 Å². The van der Waals surface area contributed by atoms with Crippen LogP contribution in [0.5, 0.6) is 0 Å². The molecular weight excluding hydrogens is 204 g/mol. The first-order valence-electron chi connectivity index (χ1n) is 5.77. The van der Waals surface area contributed by atoms with E-state index in [-0.39, 0.29) is 6.61 Å². The molecular formula is C12H18N2O2. The fraction of sp³-hybridized carbons (Fsp3) is 0.583. The molecule has 0 spiro atoms. The Morgan fingerprint density at radius 2 is 2.44 bits per heavy atom. The third kappa shape index (κ3) is 2.51. The summed E-state index contributed by atoms with van der Waals surface area (Å²) in [7, 11) is 0. The fourth-order valence-electron chi connectivity index (χ4n) is 1.91. The maximum absolute atomic E-state index is 9.05. The van der Waals surface area contributed by atoms with E-state index in [0.717, 1.165) is 37.6 Å². The Morgan fingerprint density at radius 1 is 1.56 bits per heavy atom. The second-order valence-electron chi connectivity index (χ2n) is 3.99. The molecule has 1 fully saturated rings. The van der Waals surface area contributed by atoms with Crippen LogP contribution in [0.4, 0.5) is 5.82 Å². The van der Waals surface area contributed by atoms with Crippen LogP contribution in [0.1, 0.15) is 19.0 Å². The Labute approximate surface area is 95.9 Å². The number of morpholine rings is 1. The number of rotatable bonds is 3. The molecule has 0 aromatic carbocycles. The van der Waals surface area contributed by atoms with Crippen molar-refractivity contribution in [1.29, 1.82) is 0 Å². The zero-order valence-corrected chi connectivity index (χ0v) is 9.59. The van der Waals surface area contributed by atoms with Crippen LogP contribution in [-0.2, 0) is 11.3 Å². The van der Waals surface area contributed by atoms with Gasteiger partial charge in [0.2, 0.25) is 0 Å². The van der Waals surface area contributed by atoms with Gasteiger partial charge in [-0.05, 0) is 18.6 Å². The second-order valence-corrected chi connectivity index (χ2v) is 3.99. The number of hydrogen-bond donors (Lipinski definition) is 1. The van der Waals surface area contributed by atoms with E-state index >= 15 is 0 Å². The van der Waals surface area contributed by atoms with Crippen LogP contribution in [-0.4, -0.2) is 35.9 Å². The molecule has 16 heavy (non-hydrogen) atoms. The third-order valence-corrected chi connectivity index (χ3v) is 2.87. The standard InChI is InChI=1S/C12H18N2O2/c1-2-11-8-14(6-7-16-11)12-5-3-4-10(9-15)13-12/h3-5,11,15H,2,6-9H2,1H3. The number of hydrogen-bond acceptors (Lipinski definition) is 4. The van der Waals surface area contributed by atoms with Crippen molar-refractivity contribution in [2.24, 2.45) is 0 Å². The minimum Gasteiger partial charge on any atom is -0.390 e. The Kier molecular flexibility index (Phi) is 3.74. The Hall–Kier alpha value is -1.13. The van der Waals surface area contributed by atoms with Gasteiger partial charge in [-0.25, -0.2) is 4.98 Å². The van der Waals surface area contributed by atoms with Gasteiger partial charge in [0.25, 0.3) is 0 Å². The lowest BCUT2D eigenvalue weighted by Gasteiger charge is -2.33. The molecule has 0 radical (unpaired) electrons. The van der Waals surface area contributed by atoms with E-state index in [2.05, 4.69) is 16.8 Å². The van der Waals surface area contributed by atoms with Crippen molar-refractivity contribution in [3.05, 3.63) is 23.9 Å². The normalized spacial score (nSPS) is 21.1. The topological polar surface area (TPSA) is 45.6 Å². The van der Waals surface area contributed by atoms with Crippen LogP contribution in [0.15, 0.2) is 18.2 Å². The Bertz CT molecular complexity index is 344. The first-order chi connectivity index (χ1) is 7.83. The highest BCUT2D eigenvalue weighted by Crippen LogP contribution is 2.16. The summed E-state index contributed by atoms with van der Waals surface area (Å²) >= 11 is 0. The zero-order chi connectivity index (χ0) is 11.4. The second kappa shape index (κ2) is 5.27. The summed E-state index contributed by atoms with van der Waals surface area (Å²) < 4.78 is 5.62. The molecule has 1 aliphatic rings. The molecule has 2 heterocycles. The Morgan fingerprint density at radius 3 is 3.19 bits per heavy atom. The number of anilines is 1. The van der Waals surface area contributed by atoms with Gasteiger partial charge >= 0.3 is 0 Å². The first kappa shape index (κ1) is 11.4. The number of aromatic nitrogens is 1. The molecule has 4 heteroatoms. The molecule has 1 saturated heterocycles. The van der Waals surface area contributed by atoms with Crippen LogP contribution in [0, 0.1) is 0 Å². The highest BCUT2D eigenvalue weighted by molar-refractivity contribution is 5.39. The summed E-state index contributed by atoms with van der Waals surface area (Å²) in [6.45, 7) is 4.64. The van der Waals surface area contributed by atoms with E-state index in [9.17, 15) is 0 Å². The van der Waals surface area contributed by atoms with Gasteiger partial charge in [-0.3, -0.25) is 0 Å². The lowest BCUT2D eigenvalue weighted by Crippen LogP contribution is -2.42. The van der Waals surface area contributed by atoms with Crippen molar-refractivity contribution < 1.29 is 9.84 Å². The van der Waals surface area contributed by atoms with Gasteiger partial charge < -0.3 is 14.7 Å². The van der Waals surface area contributed by atoms with Crippen molar-refractivity contribution in [1.82, 2.24) is 4.98 Å². The Balaban J connectivity index is 2.10. The third-order valence-electron chi connectivity index (χ3n) is 2.87. The SMILES string of the molecule is CCC1CN(c2cccc(CO)n2)CCO1. The molecule has 88 valence electrons. The van der Waals surface area contributed by atoms with Gasteiger partial charge in [0.15, 0.2) is 0 Å². The van der Waals surface area contributed by atoms with Gasteiger partial charge in [0.05, 0.1) is 25.0 Å². The van der Waals surface area contributed by atoms with E-state index in [1.54, 1.807) is 0 Å². The van der Waals surface area contributed by atoms with Crippen molar-refractivity contribution in [3.8, 4) is 0 Å². The fourth-order valence-corrected chi connectivity index (χ4v) is 1.91. The number of nitrogens with zero attached hydrogens (tertiary/aromatic N) is 2. The van der Waals surface area contributed by atoms with Gasteiger partial charge in [-0.2, -0.15) is 0 Å². The lowest BCUT2D eigenvalue weighted by atomic mass is 10.2. The van der Waals surface area contributed by atoms with Gasteiger partial charge in [-0.1, -0.05) is 13.0 Å². The van der Waals surface area contributed by atoms with Gasteiger partial charge in [0, 0.05) is 13.1 Å². The summed E-state index contributed by atoms with van der Waals surface area (Å²) in [6, 6.07) is 5.75. The summed E-state index contributed by atoms with van der Waals surface area (Å²) in [5, 5.41) is 9.05.